The van der Waals surface area contributed by atoms with Gasteiger partial charge in [-0.05, 0) is 31.2 Å². The van der Waals surface area contributed by atoms with Crippen LogP contribution in [0.4, 0.5) is 0 Å². The first-order chi connectivity index (χ1) is 4.74. The molecule has 0 bridgehead atoms. The van der Waals surface area contributed by atoms with E-state index >= 15 is 0 Å². The largest absolute Gasteiger partial charge is 0.481 e. The van der Waals surface area contributed by atoms with E-state index in [-0.39, 0.29) is 12.3 Å². The summed E-state index contributed by atoms with van der Waals surface area (Å²) < 4.78 is 0. The van der Waals surface area contributed by atoms with E-state index < -0.39 is 5.97 Å². The van der Waals surface area contributed by atoms with Crippen molar-refractivity contribution in [2.75, 3.05) is 6.54 Å². The SMILES string of the molecule is NC[C@@H](CC(=O)O)C1CC1. The number of hydrogen-bond donors (Lipinski definition) is 2. The molecule has 0 unspecified atom stereocenters. The van der Waals surface area contributed by atoms with E-state index in [1.54, 1.807) is 0 Å². The normalized spacial score (nSPS) is 20.5. The van der Waals surface area contributed by atoms with Crippen LogP contribution in [0.15, 0.2) is 0 Å². The van der Waals surface area contributed by atoms with Crippen molar-refractivity contribution in [1.29, 1.82) is 0 Å². The molecule has 0 radical (unpaired) electrons. The average Bonchev–Trinajstić information content (AvgIpc) is 2.63. The molecular formula is C7H13NO2. The summed E-state index contributed by atoms with van der Waals surface area (Å²) in [4.78, 5) is 10.2. The molecular weight excluding hydrogens is 130 g/mol. The van der Waals surface area contributed by atoms with Gasteiger partial charge in [0.1, 0.15) is 0 Å². The van der Waals surface area contributed by atoms with Crippen LogP contribution in [0.3, 0.4) is 0 Å². The van der Waals surface area contributed by atoms with Crippen molar-refractivity contribution in [3.8, 4) is 0 Å². The van der Waals surface area contributed by atoms with Crippen LogP contribution in [0, 0.1) is 11.8 Å². The van der Waals surface area contributed by atoms with Gasteiger partial charge in [-0.1, -0.05) is 0 Å². The summed E-state index contributed by atoms with van der Waals surface area (Å²) in [5.74, 6) is 0.126. The van der Waals surface area contributed by atoms with Crippen LogP contribution in [0.2, 0.25) is 0 Å². The van der Waals surface area contributed by atoms with Gasteiger partial charge in [0.2, 0.25) is 0 Å². The van der Waals surface area contributed by atoms with E-state index in [0.29, 0.717) is 12.5 Å². The minimum atomic E-state index is -0.720. The lowest BCUT2D eigenvalue weighted by atomic mass is 10.0. The van der Waals surface area contributed by atoms with Crippen LogP contribution in [0.5, 0.6) is 0 Å². The van der Waals surface area contributed by atoms with Gasteiger partial charge in [0, 0.05) is 6.42 Å². The van der Waals surface area contributed by atoms with E-state index in [4.69, 9.17) is 10.8 Å². The van der Waals surface area contributed by atoms with Crippen LogP contribution >= 0.6 is 0 Å². The fourth-order valence-electron chi connectivity index (χ4n) is 1.23. The van der Waals surface area contributed by atoms with Gasteiger partial charge in [-0.3, -0.25) is 4.79 Å². The van der Waals surface area contributed by atoms with Crippen LogP contribution in [-0.2, 0) is 4.79 Å². The lowest BCUT2D eigenvalue weighted by molar-refractivity contribution is -0.138. The molecule has 0 aromatic rings. The zero-order valence-corrected chi connectivity index (χ0v) is 5.92. The van der Waals surface area contributed by atoms with Crippen molar-refractivity contribution in [2.24, 2.45) is 17.6 Å². The second-order valence-corrected chi connectivity index (χ2v) is 2.93. The second kappa shape index (κ2) is 3.01. The highest BCUT2D eigenvalue weighted by atomic mass is 16.4. The first kappa shape index (κ1) is 7.54. The Bertz CT molecular complexity index is 132. The van der Waals surface area contributed by atoms with Crippen molar-refractivity contribution >= 4 is 5.97 Å². The van der Waals surface area contributed by atoms with E-state index in [1.807, 2.05) is 0 Å². The fraction of sp³-hybridized carbons (Fsp3) is 0.857. The Kier molecular flexibility index (Phi) is 2.27. The van der Waals surface area contributed by atoms with E-state index in [1.165, 1.54) is 12.8 Å². The van der Waals surface area contributed by atoms with Gasteiger partial charge in [0.15, 0.2) is 0 Å². The Hall–Kier alpha value is -0.570. The van der Waals surface area contributed by atoms with Gasteiger partial charge in [-0.15, -0.1) is 0 Å². The molecule has 58 valence electrons. The smallest absolute Gasteiger partial charge is 0.303 e. The van der Waals surface area contributed by atoms with Gasteiger partial charge in [0.25, 0.3) is 0 Å². The molecule has 1 aliphatic rings. The van der Waals surface area contributed by atoms with E-state index in [9.17, 15) is 4.79 Å². The molecule has 1 fully saturated rings. The highest BCUT2D eigenvalue weighted by Gasteiger charge is 2.31. The quantitative estimate of drug-likeness (QED) is 0.600. The van der Waals surface area contributed by atoms with Crippen molar-refractivity contribution in [3.05, 3.63) is 0 Å². The average molecular weight is 143 g/mol. The molecule has 0 spiro atoms. The van der Waals surface area contributed by atoms with Crippen LogP contribution in [-0.4, -0.2) is 17.6 Å². The van der Waals surface area contributed by atoms with Crippen molar-refractivity contribution in [1.82, 2.24) is 0 Å². The lowest BCUT2D eigenvalue weighted by Gasteiger charge is -2.08. The van der Waals surface area contributed by atoms with Gasteiger partial charge in [0.05, 0.1) is 0 Å². The zero-order chi connectivity index (χ0) is 7.56. The first-order valence-electron chi connectivity index (χ1n) is 3.66. The summed E-state index contributed by atoms with van der Waals surface area (Å²) in [5.41, 5.74) is 5.40. The molecule has 0 aliphatic heterocycles. The molecule has 3 heteroatoms. The van der Waals surface area contributed by atoms with Crippen molar-refractivity contribution in [3.63, 3.8) is 0 Å². The highest BCUT2D eigenvalue weighted by Crippen LogP contribution is 2.37. The summed E-state index contributed by atoms with van der Waals surface area (Å²) in [7, 11) is 0. The van der Waals surface area contributed by atoms with Gasteiger partial charge in [-0.25, -0.2) is 0 Å². The van der Waals surface area contributed by atoms with E-state index in [0.717, 1.165) is 0 Å². The van der Waals surface area contributed by atoms with Crippen LogP contribution < -0.4 is 5.73 Å². The van der Waals surface area contributed by atoms with Crippen LogP contribution in [0.25, 0.3) is 0 Å². The molecule has 1 rings (SSSR count). The van der Waals surface area contributed by atoms with Crippen molar-refractivity contribution < 1.29 is 9.90 Å². The molecule has 0 amide bonds. The number of carbonyl (C=O) groups is 1. The predicted octanol–water partition coefficient (Wildman–Crippen LogP) is 0.446. The Morgan fingerprint density at radius 1 is 1.70 bits per heavy atom. The van der Waals surface area contributed by atoms with Crippen LogP contribution in [0.1, 0.15) is 19.3 Å². The molecule has 0 aromatic heterocycles. The Balaban J connectivity index is 2.25. The zero-order valence-electron chi connectivity index (χ0n) is 5.92. The maximum atomic E-state index is 10.2. The molecule has 3 N–H and O–H groups in total. The topological polar surface area (TPSA) is 63.3 Å². The molecule has 0 saturated heterocycles. The number of aliphatic carboxylic acids is 1. The summed E-state index contributed by atoms with van der Waals surface area (Å²) in [5, 5.41) is 8.44. The molecule has 3 nitrogen and oxygen atoms in total. The standard InChI is InChI=1S/C7H13NO2/c8-4-6(3-7(9)10)5-1-2-5/h5-6H,1-4,8H2,(H,9,10)/t6-/m1/s1. The monoisotopic (exact) mass is 143 g/mol. The first-order valence-corrected chi connectivity index (χ1v) is 3.66. The summed E-state index contributed by atoms with van der Waals surface area (Å²) in [6.45, 7) is 0.525. The fourth-order valence-corrected chi connectivity index (χ4v) is 1.23. The maximum Gasteiger partial charge on any atom is 0.303 e. The number of carboxylic acid groups (broad SMARTS) is 1. The van der Waals surface area contributed by atoms with E-state index in [2.05, 4.69) is 0 Å². The predicted molar refractivity (Wildman–Crippen MR) is 37.5 cm³/mol. The summed E-state index contributed by atoms with van der Waals surface area (Å²) in [6, 6.07) is 0. The maximum absolute atomic E-state index is 10.2. The number of rotatable bonds is 4. The Labute approximate surface area is 60.2 Å². The third-order valence-corrected chi connectivity index (χ3v) is 2.03. The van der Waals surface area contributed by atoms with Gasteiger partial charge < -0.3 is 10.8 Å². The summed E-state index contributed by atoms with van der Waals surface area (Å²) >= 11 is 0. The molecule has 0 heterocycles. The number of nitrogens with two attached hydrogens (primary N) is 1. The molecule has 1 saturated carbocycles. The number of hydrogen-bond acceptors (Lipinski definition) is 2. The third kappa shape index (κ3) is 1.99. The lowest BCUT2D eigenvalue weighted by Crippen LogP contribution is -2.19. The summed E-state index contributed by atoms with van der Waals surface area (Å²) in [6.07, 6.45) is 2.60. The molecule has 1 atom stereocenters. The minimum absolute atomic E-state index is 0.234. The molecule has 10 heavy (non-hydrogen) atoms. The number of carboxylic acids is 1. The Morgan fingerprint density at radius 3 is 2.60 bits per heavy atom. The second-order valence-electron chi connectivity index (χ2n) is 2.93. The van der Waals surface area contributed by atoms with Gasteiger partial charge in [-0.2, -0.15) is 0 Å². The minimum Gasteiger partial charge on any atom is -0.481 e. The third-order valence-electron chi connectivity index (χ3n) is 2.03. The highest BCUT2D eigenvalue weighted by molar-refractivity contribution is 5.67. The Morgan fingerprint density at radius 2 is 2.30 bits per heavy atom. The van der Waals surface area contributed by atoms with Gasteiger partial charge >= 0.3 is 5.97 Å². The van der Waals surface area contributed by atoms with Crippen molar-refractivity contribution in [2.45, 2.75) is 19.3 Å². The molecule has 0 aromatic carbocycles. The molecule has 1 aliphatic carbocycles.